The summed E-state index contributed by atoms with van der Waals surface area (Å²) >= 11 is 0. The van der Waals surface area contributed by atoms with Crippen LogP contribution >= 0.6 is 0 Å². The molecule has 8 nitrogen and oxygen atoms in total. The van der Waals surface area contributed by atoms with Crippen LogP contribution < -0.4 is 5.32 Å². The Bertz CT molecular complexity index is 1270. The van der Waals surface area contributed by atoms with E-state index in [2.05, 4.69) is 5.32 Å². The van der Waals surface area contributed by atoms with E-state index < -0.39 is 56.8 Å². The quantitative estimate of drug-likeness (QED) is 0.564. The van der Waals surface area contributed by atoms with Gasteiger partial charge in [-0.25, -0.2) is 17.6 Å². The number of aryl methyl sites for hydroxylation is 1. The van der Waals surface area contributed by atoms with Crippen LogP contribution in [-0.4, -0.2) is 53.5 Å². The van der Waals surface area contributed by atoms with Gasteiger partial charge in [0, 0.05) is 30.2 Å². The van der Waals surface area contributed by atoms with Gasteiger partial charge in [0.15, 0.2) is 0 Å². The SMILES string of the molecule is Cc1cc(NC(=O)[C@H]2CCCN(S(=O)(=O)c3c(C(=O)O)c(C)n(CC(F)(F)F)c3C)C2)ccc1F. The van der Waals surface area contributed by atoms with Gasteiger partial charge in [0.2, 0.25) is 15.9 Å². The second-order valence-corrected chi connectivity index (χ2v) is 10.4. The van der Waals surface area contributed by atoms with Gasteiger partial charge in [0.05, 0.1) is 5.92 Å². The van der Waals surface area contributed by atoms with Gasteiger partial charge in [-0.2, -0.15) is 17.5 Å². The van der Waals surface area contributed by atoms with Gasteiger partial charge >= 0.3 is 12.1 Å². The van der Waals surface area contributed by atoms with Crippen molar-refractivity contribution in [2.75, 3.05) is 18.4 Å². The molecular formula is C22H25F4N3O5S. The predicted molar refractivity (Wildman–Crippen MR) is 118 cm³/mol. The lowest BCUT2D eigenvalue weighted by Crippen LogP contribution is -2.44. The van der Waals surface area contributed by atoms with Gasteiger partial charge in [-0.1, -0.05) is 0 Å². The van der Waals surface area contributed by atoms with E-state index in [9.17, 15) is 40.7 Å². The Morgan fingerprint density at radius 3 is 2.40 bits per heavy atom. The third-order valence-electron chi connectivity index (χ3n) is 6.06. The summed E-state index contributed by atoms with van der Waals surface area (Å²) in [4.78, 5) is 23.9. The molecule has 1 aromatic carbocycles. The van der Waals surface area contributed by atoms with Crippen molar-refractivity contribution in [2.24, 2.45) is 5.92 Å². The van der Waals surface area contributed by atoms with Crippen LogP contribution in [0.25, 0.3) is 0 Å². The zero-order valence-corrected chi connectivity index (χ0v) is 20.1. The summed E-state index contributed by atoms with van der Waals surface area (Å²) in [5, 5.41) is 12.2. The molecule has 1 fully saturated rings. The van der Waals surface area contributed by atoms with Gasteiger partial charge in [-0.05, 0) is 57.4 Å². The molecular weight excluding hydrogens is 494 g/mol. The fourth-order valence-electron chi connectivity index (χ4n) is 4.31. The van der Waals surface area contributed by atoms with E-state index in [0.717, 1.165) is 18.2 Å². The summed E-state index contributed by atoms with van der Waals surface area (Å²) in [7, 11) is -4.54. The molecule has 1 amide bonds. The van der Waals surface area contributed by atoms with E-state index in [1.165, 1.54) is 25.1 Å². The number of carbonyl (C=O) groups excluding carboxylic acids is 1. The lowest BCUT2D eigenvalue weighted by molar-refractivity contribution is -0.141. The lowest BCUT2D eigenvalue weighted by Gasteiger charge is -2.31. The number of anilines is 1. The Morgan fingerprint density at radius 2 is 1.83 bits per heavy atom. The number of halogens is 4. The molecule has 13 heteroatoms. The number of hydrogen-bond acceptors (Lipinski definition) is 4. The van der Waals surface area contributed by atoms with Crippen molar-refractivity contribution >= 4 is 27.6 Å². The van der Waals surface area contributed by atoms with E-state index in [1.54, 1.807) is 0 Å². The largest absolute Gasteiger partial charge is 0.478 e. The first-order valence-corrected chi connectivity index (χ1v) is 12.1. The van der Waals surface area contributed by atoms with Crippen molar-refractivity contribution in [3.63, 3.8) is 0 Å². The molecule has 1 aromatic heterocycles. The minimum atomic E-state index is -4.70. The fraction of sp³-hybridized carbons (Fsp3) is 0.455. The molecule has 3 rings (SSSR count). The van der Waals surface area contributed by atoms with Crippen molar-refractivity contribution in [3.8, 4) is 0 Å². The van der Waals surface area contributed by atoms with Gasteiger partial charge in [0.25, 0.3) is 0 Å². The standard InChI is InChI=1S/C22H25F4N3O5S/c1-12-9-16(6-7-17(12)23)27-20(30)15-5-4-8-28(10-15)35(33,34)19-14(3)29(11-22(24,25)26)13(2)18(19)21(31)32/h6-7,9,15H,4-5,8,10-11H2,1-3H3,(H,27,30)(H,31,32)/t15-/m0/s1. The minimum absolute atomic E-state index is 0.0240. The average molecular weight is 520 g/mol. The maximum Gasteiger partial charge on any atom is 0.406 e. The van der Waals surface area contributed by atoms with Crippen LogP contribution in [0, 0.1) is 32.5 Å². The van der Waals surface area contributed by atoms with Crippen LogP contribution in [0.15, 0.2) is 23.1 Å². The Morgan fingerprint density at radius 1 is 1.17 bits per heavy atom. The molecule has 1 atom stereocenters. The summed E-state index contributed by atoms with van der Waals surface area (Å²) in [5.74, 6) is -3.41. The number of carbonyl (C=O) groups is 2. The van der Waals surface area contributed by atoms with Crippen molar-refractivity contribution in [1.29, 1.82) is 0 Å². The first kappa shape index (κ1) is 26.7. The highest BCUT2D eigenvalue weighted by Crippen LogP contribution is 2.34. The molecule has 2 aromatic rings. The zero-order valence-electron chi connectivity index (χ0n) is 19.2. The highest BCUT2D eigenvalue weighted by Gasteiger charge is 2.40. The number of nitrogens with zero attached hydrogens (tertiary/aromatic N) is 2. The molecule has 1 aliphatic rings. The molecule has 0 bridgehead atoms. The average Bonchev–Trinajstić information content (AvgIpc) is 3.00. The molecule has 1 saturated heterocycles. The number of carboxylic acids is 1. The van der Waals surface area contributed by atoms with Crippen molar-refractivity contribution in [2.45, 2.75) is 51.2 Å². The predicted octanol–water partition coefficient (Wildman–Crippen LogP) is 3.85. The Kier molecular flexibility index (Phi) is 7.32. The number of aromatic carboxylic acids is 1. The third kappa shape index (κ3) is 5.50. The van der Waals surface area contributed by atoms with Crippen LogP contribution in [0.1, 0.15) is 40.2 Å². The van der Waals surface area contributed by atoms with Crippen LogP contribution in [-0.2, 0) is 21.4 Å². The topological polar surface area (TPSA) is 109 Å². The normalized spacial score (nSPS) is 17.4. The van der Waals surface area contributed by atoms with Crippen molar-refractivity contribution < 1.29 is 40.7 Å². The first-order chi connectivity index (χ1) is 16.1. The van der Waals surface area contributed by atoms with E-state index in [4.69, 9.17) is 0 Å². The molecule has 0 radical (unpaired) electrons. The number of amides is 1. The van der Waals surface area contributed by atoms with Gasteiger partial charge in [-0.3, -0.25) is 4.79 Å². The number of nitrogens with one attached hydrogen (secondary N) is 1. The van der Waals surface area contributed by atoms with Gasteiger partial charge < -0.3 is 15.0 Å². The van der Waals surface area contributed by atoms with E-state index in [1.807, 2.05) is 0 Å². The summed E-state index contributed by atoms with van der Waals surface area (Å²) in [6.45, 7) is 1.93. The van der Waals surface area contributed by atoms with Crippen LogP contribution in [0.4, 0.5) is 23.2 Å². The second-order valence-electron chi connectivity index (χ2n) is 8.54. The molecule has 192 valence electrons. The van der Waals surface area contributed by atoms with E-state index >= 15 is 0 Å². The van der Waals surface area contributed by atoms with Gasteiger partial charge in [-0.15, -0.1) is 0 Å². The van der Waals surface area contributed by atoms with E-state index in [-0.39, 0.29) is 30.9 Å². The lowest BCUT2D eigenvalue weighted by atomic mass is 9.98. The van der Waals surface area contributed by atoms with Crippen molar-refractivity contribution in [3.05, 3.63) is 46.5 Å². The molecule has 0 aliphatic carbocycles. The molecule has 35 heavy (non-hydrogen) atoms. The van der Waals surface area contributed by atoms with Crippen LogP contribution in [0.5, 0.6) is 0 Å². The fourth-order valence-corrected chi connectivity index (χ4v) is 6.29. The summed E-state index contributed by atoms with van der Waals surface area (Å²) < 4.78 is 81.2. The molecule has 0 spiro atoms. The van der Waals surface area contributed by atoms with Crippen LogP contribution in [0.3, 0.4) is 0 Å². The Labute approximate surface area is 199 Å². The summed E-state index contributed by atoms with van der Waals surface area (Å²) in [6, 6.07) is 3.98. The first-order valence-electron chi connectivity index (χ1n) is 10.7. The smallest absolute Gasteiger partial charge is 0.406 e. The highest BCUT2D eigenvalue weighted by molar-refractivity contribution is 7.89. The number of piperidine rings is 1. The molecule has 1 aliphatic heterocycles. The Balaban J connectivity index is 1.92. The number of benzene rings is 1. The maximum absolute atomic E-state index is 13.5. The number of sulfonamides is 1. The number of hydrogen-bond donors (Lipinski definition) is 2. The molecule has 0 unspecified atom stereocenters. The van der Waals surface area contributed by atoms with Crippen molar-refractivity contribution in [1.82, 2.24) is 8.87 Å². The zero-order chi connectivity index (χ0) is 26.3. The summed E-state index contributed by atoms with van der Waals surface area (Å²) in [6.07, 6.45) is -4.07. The molecule has 0 saturated carbocycles. The third-order valence-corrected chi connectivity index (χ3v) is 8.08. The molecule has 2 N–H and O–H groups in total. The number of alkyl halides is 3. The molecule has 2 heterocycles. The Hall–Kier alpha value is -2.93. The van der Waals surface area contributed by atoms with E-state index in [0.29, 0.717) is 22.2 Å². The number of aromatic nitrogens is 1. The van der Waals surface area contributed by atoms with Gasteiger partial charge in [0.1, 0.15) is 22.8 Å². The summed E-state index contributed by atoms with van der Waals surface area (Å²) in [5.41, 5.74) is -0.751. The second kappa shape index (κ2) is 9.61. The minimum Gasteiger partial charge on any atom is -0.478 e. The number of rotatable bonds is 6. The van der Waals surface area contributed by atoms with Crippen LogP contribution in [0.2, 0.25) is 0 Å². The monoisotopic (exact) mass is 519 g/mol. The highest BCUT2D eigenvalue weighted by atomic mass is 32.2. The number of carboxylic acid groups (broad SMARTS) is 1. The maximum atomic E-state index is 13.5.